The Bertz CT molecular complexity index is 828. The van der Waals surface area contributed by atoms with Crippen LogP contribution in [0.25, 0.3) is 0 Å². The van der Waals surface area contributed by atoms with Gasteiger partial charge in [0.2, 0.25) is 5.91 Å². The maximum Gasteiger partial charge on any atom is 0.228 e. The molecule has 0 saturated heterocycles. The van der Waals surface area contributed by atoms with Crippen molar-refractivity contribution < 1.29 is 9.59 Å². The van der Waals surface area contributed by atoms with Crippen molar-refractivity contribution in [1.82, 2.24) is 9.78 Å². The molecule has 138 valence electrons. The summed E-state index contributed by atoms with van der Waals surface area (Å²) in [6.45, 7) is 9.64. The molecule has 0 spiro atoms. The zero-order valence-corrected chi connectivity index (χ0v) is 16.1. The summed E-state index contributed by atoms with van der Waals surface area (Å²) in [6, 6.07) is 6.16. The molecule has 3 rings (SSSR count). The zero-order chi connectivity index (χ0) is 18.8. The number of carbonyl (C=O) groups is 2. The van der Waals surface area contributed by atoms with Gasteiger partial charge in [-0.2, -0.15) is 5.10 Å². The lowest BCUT2D eigenvalue weighted by atomic mass is 9.94. The molecule has 1 aromatic heterocycles. The summed E-state index contributed by atoms with van der Waals surface area (Å²) >= 11 is 0. The van der Waals surface area contributed by atoms with Crippen molar-refractivity contribution in [2.75, 3.05) is 11.4 Å². The van der Waals surface area contributed by atoms with Gasteiger partial charge in [0.1, 0.15) is 11.6 Å². The fourth-order valence-electron chi connectivity index (χ4n) is 3.81. The monoisotopic (exact) mass is 353 g/mol. The summed E-state index contributed by atoms with van der Waals surface area (Å²) in [5.41, 5.74) is 5.53. The quantitative estimate of drug-likeness (QED) is 0.827. The van der Waals surface area contributed by atoms with Crippen LogP contribution >= 0.6 is 0 Å². The highest BCUT2D eigenvalue weighted by atomic mass is 16.2. The molecule has 0 atom stereocenters. The largest absolute Gasteiger partial charge is 0.299 e. The number of hydrogen-bond acceptors (Lipinski definition) is 3. The van der Waals surface area contributed by atoms with Crippen LogP contribution in [0, 0.1) is 27.7 Å². The standard InChI is InChI=1S/C21H27N3O2/c1-14-10-15(2)19(16(3)11-14)13-18(25)6-7-21(26)23-8-5-9-24-20(23)12-17(4)22-24/h10-12H,5-9,13H2,1-4H3. The van der Waals surface area contributed by atoms with Crippen LogP contribution in [0.1, 0.15) is 47.2 Å². The van der Waals surface area contributed by atoms with Gasteiger partial charge in [-0.25, -0.2) is 4.68 Å². The number of nitrogens with zero attached hydrogens (tertiary/aromatic N) is 3. The molecule has 5 heteroatoms. The molecular formula is C21H27N3O2. The molecule has 0 aliphatic carbocycles. The van der Waals surface area contributed by atoms with Gasteiger partial charge in [-0.15, -0.1) is 0 Å². The first-order valence-corrected chi connectivity index (χ1v) is 9.28. The smallest absolute Gasteiger partial charge is 0.228 e. The average Bonchev–Trinajstić information content (AvgIpc) is 2.95. The van der Waals surface area contributed by atoms with E-state index in [2.05, 4.69) is 24.2 Å². The zero-order valence-electron chi connectivity index (χ0n) is 16.1. The lowest BCUT2D eigenvalue weighted by Crippen LogP contribution is -2.37. The minimum Gasteiger partial charge on any atom is -0.299 e. The van der Waals surface area contributed by atoms with Gasteiger partial charge in [0.15, 0.2) is 0 Å². The molecule has 0 saturated carbocycles. The number of carbonyl (C=O) groups excluding carboxylic acids is 2. The third-order valence-corrected chi connectivity index (χ3v) is 5.04. The van der Waals surface area contributed by atoms with Gasteiger partial charge >= 0.3 is 0 Å². The van der Waals surface area contributed by atoms with Gasteiger partial charge < -0.3 is 0 Å². The molecule has 1 aliphatic heterocycles. The molecule has 1 amide bonds. The summed E-state index contributed by atoms with van der Waals surface area (Å²) in [7, 11) is 0. The molecule has 2 aromatic rings. The van der Waals surface area contributed by atoms with Gasteiger partial charge in [-0.1, -0.05) is 17.7 Å². The van der Waals surface area contributed by atoms with Crippen molar-refractivity contribution in [1.29, 1.82) is 0 Å². The van der Waals surface area contributed by atoms with Crippen LogP contribution in [-0.4, -0.2) is 28.0 Å². The number of rotatable bonds is 5. The fraction of sp³-hybridized carbons (Fsp3) is 0.476. The number of Topliss-reactive ketones (excluding diaryl/α,β-unsaturated/α-hetero) is 1. The van der Waals surface area contributed by atoms with Gasteiger partial charge in [-0.05, 0) is 50.8 Å². The van der Waals surface area contributed by atoms with Gasteiger partial charge in [0.05, 0.1) is 5.69 Å². The van der Waals surface area contributed by atoms with Crippen LogP contribution in [0.2, 0.25) is 0 Å². The molecule has 26 heavy (non-hydrogen) atoms. The Labute approximate surface area is 155 Å². The van der Waals surface area contributed by atoms with Crippen LogP contribution in [-0.2, 0) is 22.6 Å². The van der Waals surface area contributed by atoms with Crippen LogP contribution in [0.15, 0.2) is 18.2 Å². The molecule has 1 aliphatic rings. The van der Waals surface area contributed by atoms with E-state index in [0.29, 0.717) is 13.0 Å². The third-order valence-electron chi connectivity index (χ3n) is 5.04. The van der Waals surface area contributed by atoms with E-state index < -0.39 is 0 Å². The van der Waals surface area contributed by atoms with E-state index in [4.69, 9.17) is 0 Å². The maximum absolute atomic E-state index is 12.6. The summed E-state index contributed by atoms with van der Waals surface area (Å²) in [6.07, 6.45) is 1.85. The molecular weight excluding hydrogens is 326 g/mol. The maximum atomic E-state index is 12.6. The highest BCUT2D eigenvalue weighted by Gasteiger charge is 2.24. The van der Waals surface area contributed by atoms with E-state index in [0.717, 1.165) is 41.2 Å². The number of amides is 1. The minimum absolute atomic E-state index is 0.0107. The molecule has 2 heterocycles. The van der Waals surface area contributed by atoms with E-state index >= 15 is 0 Å². The molecule has 1 aromatic carbocycles. The number of hydrogen-bond donors (Lipinski definition) is 0. The molecule has 0 N–H and O–H groups in total. The first-order valence-electron chi connectivity index (χ1n) is 9.28. The Morgan fingerprint density at radius 3 is 2.38 bits per heavy atom. The first-order chi connectivity index (χ1) is 12.3. The predicted octanol–water partition coefficient (Wildman–Crippen LogP) is 3.45. The Balaban J connectivity index is 1.61. The van der Waals surface area contributed by atoms with Crippen molar-refractivity contribution in [3.8, 4) is 0 Å². The Morgan fingerprint density at radius 2 is 1.69 bits per heavy atom. The number of ketones is 1. The highest BCUT2D eigenvalue weighted by Crippen LogP contribution is 2.23. The number of aryl methyl sites for hydroxylation is 5. The molecule has 0 bridgehead atoms. The topological polar surface area (TPSA) is 55.2 Å². The van der Waals surface area contributed by atoms with Crippen LogP contribution in [0.5, 0.6) is 0 Å². The van der Waals surface area contributed by atoms with Crippen molar-refractivity contribution >= 4 is 17.5 Å². The Kier molecular flexibility index (Phi) is 5.25. The van der Waals surface area contributed by atoms with Crippen molar-refractivity contribution in [2.24, 2.45) is 0 Å². The van der Waals surface area contributed by atoms with Crippen LogP contribution in [0.3, 0.4) is 0 Å². The second-order valence-corrected chi connectivity index (χ2v) is 7.36. The van der Waals surface area contributed by atoms with E-state index in [9.17, 15) is 9.59 Å². The van der Waals surface area contributed by atoms with Gasteiger partial charge in [0, 0.05) is 38.4 Å². The summed E-state index contributed by atoms with van der Waals surface area (Å²) in [5.74, 6) is 0.989. The van der Waals surface area contributed by atoms with E-state index in [1.54, 1.807) is 4.90 Å². The highest BCUT2D eigenvalue weighted by molar-refractivity contribution is 5.95. The van der Waals surface area contributed by atoms with Gasteiger partial charge in [0.25, 0.3) is 0 Å². The molecule has 5 nitrogen and oxygen atoms in total. The first kappa shape index (κ1) is 18.4. The van der Waals surface area contributed by atoms with Crippen LogP contribution in [0.4, 0.5) is 5.82 Å². The van der Waals surface area contributed by atoms with Crippen molar-refractivity contribution in [2.45, 2.75) is 59.9 Å². The number of anilines is 1. The van der Waals surface area contributed by atoms with E-state index in [-0.39, 0.29) is 24.5 Å². The number of fused-ring (bicyclic) bond motifs is 1. The normalized spacial score (nSPS) is 13.6. The molecule has 0 fully saturated rings. The summed E-state index contributed by atoms with van der Waals surface area (Å²) < 4.78 is 1.89. The Morgan fingerprint density at radius 1 is 1.00 bits per heavy atom. The number of benzene rings is 1. The average molecular weight is 353 g/mol. The fourth-order valence-corrected chi connectivity index (χ4v) is 3.81. The lowest BCUT2D eigenvalue weighted by Gasteiger charge is -2.27. The summed E-state index contributed by atoms with van der Waals surface area (Å²) in [5, 5.41) is 4.42. The predicted molar refractivity (Wildman–Crippen MR) is 103 cm³/mol. The van der Waals surface area contributed by atoms with E-state index in [1.807, 2.05) is 31.5 Å². The van der Waals surface area contributed by atoms with E-state index in [1.165, 1.54) is 5.56 Å². The second kappa shape index (κ2) is 7.44. The molecule has 0 radical (unpaired) electrons. The molecule has 0 unspecified atom stereocenters. The SMILES string of the molecule is Cc1cc(C)c(CC(=O)CCC(=O)N2CCCn3nc(C)cc32)c(C)c1. The summed E-state index contributed by atoms with van der Waals surface area (Å²) in [4.78, 5) is 26.9. The Hall–Kier alpha value is -2.43. The van der Waals surface area contributed by atoms with Crippen LogP contribution < -0.4 is 4.90 Å². The second-order valence-electron chi connectivity index (χ2n) is 7.36. The van der Waals surface area contributed by atoms with Crippen molar-refractivity contribution in [3.05, 3.63) is 46.1 Å². The van der Waals surface area contributed by atoms with Gasteiger partial charge in [-0.3, -0.25) is 14.5 Å². The lowest BCUT2D eigenvalue weighted by molar-refractivity contribution is -0.123. The number of aromatic nitrogens is 2. The third kappa shape index (κ3) is 3.87. The minimum atomic E-state index is 0.0107. The van der Waals surface area contributed by atoms with Crippen molar-refractivity contribution in [3.63, 3.8) is 0 Å².